The first-order valence-corrected chi connectivity index (χ1v) is 8.13. The van der Waals surface area contributed by atoms with Gasteiger partial charge >= 0.3 is 0 Å². The Morgan fingerprint density at radius 3 is 2.40 bits per heavy atom. The van der Waals surface area contributed by atoms with Crippen LogP contribution in [-0.2, 0) is 0 Å². The van der Waals surface area contributed by atoms with E-state index < -0.39 is 0 Å². The van der Waals surface area contributed by atoms with E-state index in [1.807, 2.05) is 12.1 Å². The zero-order valence-electron chi connectivity index (χ0n) is 13.3. The van der Waals surface area contributed by atoms with Crippen LogP contribution in [0.4, 0.5) is 4.39 Å². The Hall–Kier alpha value is -0.890. The predicted molar refractivity (Wildman–Crippen MR) is 85.4 cm³/mol. The van der Waals surface area contributed by atoms with Crippen molar-refractivity contribution in [1.82, 2.24) is 5.32 Å². The van der Waals surface area contributed by atoms with Crippen LogP contribution in [0.15, 0.2) is 24.3 Å². The van der Waals surface area contributed by atoms with E-state index in [1.165, 1.54) is 32.1 Å². The van der Waals surface area contributed by atoms with Gasteiger partial charge in [0.15, 0.2) is 0 Å². The Bertz CT molecular complexity index is 362. The van der Waals surface area contributed by atoms with E-state index in [0.29, 0.717) is 0 Å². The van der Waals surface area contributed by atoms with Crippen molar-refractivity contribution in [2.45, 2.75) is 65.3 Å². The lowest BCUT2D eigenvalue weighted by Gasteiger charge is -2.18. The highest BCUT2D eigenvalue weighted by atomic mass is 19.1. The van der Waals surface area contributed by atoms with E-state index in [0.717, 1.165) is 24.4 Å². The molecule has 114 valence electrons. The van der Waals surface area contributed by atoms with Crippen molar-refractivity contribution in [1.29, 1.82) is 0 Å². The normalized spacial score (nSPS) is 12.8. The highest BCUT2D eigenvalue weighted by molar-refractivity contribution is 5.20. The topological polar surface area (TPSA) is 12.0 Å². The van der Waals surface area contributed by atoms with Crippen LogP contribution in [0.3, 0.4) is 0 Å². The largest absolute Gasteiger partial charge is 0.310 e. The molecule has 20 heavy (non-hydrogen) atoms. The van der Waals surface area contributed by atoms with Crippen molar-refractivity contribution in [2.75, 3.05) is 6.54 Å². The SMILES string of the molecule is CCC(NCCCCCCC(C)C)c1ccccc1F. The minimum atomic E-state index is -0.0937. The second-order valence-electron chi connectivity index (χ2n) is 6.03. The van der Waals surface area contributed by atoms with Gasteiger partial charge in [-0.05, 0) is 31.4 Å². The molecule has 0 heterocycles. The molecule has 1 aromatic carbocycles. The summed E-state index contributed by atoms with van der Waals surface area (Å²) in [6.45, 7) is 7.64. The first-order valence-electron chi connectivity index (χ1n) is 8.13. The molecular formula is C18H30FN. The average molecular weight is 279 g/mol. The van der Waals surface area contributed by atoms with E-state index in [4.69, 9.17) is 0 Å². The van der Waals surface area contributed by atoms with E-state index in [-0.39, 0.29) is 11.9 Å². The maximum atomic E-state index is 13.7. The molecule has 0 saturated carbocycles. The maximum Gasteiger partial charge on any atom is 0.127 e. The third-order valence-corrected chi connectivity index (χ3v) is 3.79. The quantitative estimate of drug-likeness (QED) is 0.560. The minimum absolute atomic E-state index is 0.0937. The number of hydrogen-bond acceptors (Lipinski definition) is 1. The minimum Gasteiger partial charge on any atom is -0.310 e. The Morgan fingerprint density at radius 2 is 1.75 bits per heavy atom. The highest BCUT2D eigenvalue weighted by Crippen LogP contribution is 2.19. The van der Waals surface area contributed by atoms with Crippen LogP contribution >= 0.6 is 0 Å². The number of hydrogen-bond donors (Lipinski definition) is 1. The molecule has 0 bridgehead atoms. The van der Waals surface area contributed by atoms with Gasteiger partial charge in [-0.25, -0.2) is 4.39 Å². The van der Waals surface area contributed by atoms with Crippen LogP contribution < -0.4 is 5.32 Å². The van der Waals surface area contributed by atoms with Gasteiger partial charge in [0.1, 0.15) is 5.82 Å². The summed E-state index contributed by atoms with van der Waals surface area (Å²) in [6, 6.07) is 7.24. The monoisotopic (exact) mass is 279 g/mol. The summed E-state index contributed by atoms with van der Waals surface area (Å²) in [7, 11) is 0. The van der Waals surface area contributed by atoms with E-state index in [1.54, 1.807) is 12.1 Å². The molecule has 1 unspecified atom stereocenters. The van der Waals surface area contributed by atoms with Crippen LogP contribution in [0.1, 0.15) is 70.9 Å². The van der Waals surface area contributed by atoms with Crippen LogP contribution in [0, 0.1) is 11.7 Å². The average Bonchev–Trinajstić information content (AvgIpc) is 2.43. The van der Waals surface area contributed by atoms with Gasteiger partial charge in [0.2, 0.25) is 0 Å². The molecule has 0 aliphatic rings. The lowest BCUT2D eigenvalue weighted by Crippen LogP contribution is -2.22. The van der Waals surface area contributed by atoms with Crippen molar-refractivity contribution in [3.8, 4) is 0 Å². The Balaban J connectivity index is 2.21. The van der Waals surface area contributed by atoms with Gasteiger partial charge in [-0.2, -0.15) is 0 Å². The highest BCUT2D eigenvalue weighted by Gasteiger charge is 2.12. The molecule has 2 heteroatoms. The Labute approximate surface area is 124 Å². The lowest BCUT2D eigenvalue weighted by molar-refractivity contribution is 0.466. The molecule has 0 amide bonds. The van der Waals surface area contributed by atoms with Gasteiger partial charge in [-0.1, -0.05) is 64.7 Å². The van der Waals surface area contributed by atoms with Crippen LogP contribution in [0.25, 0.3) is 0 Å². The second-order valence-corrected chi connectivity index (χ2v) is 6.03. The summed E-state index contributed by atoms with van der Waals surface area (Å²) in [5.41, 5.74) is 0.801. The summed E-state index contributed by atoms with van der Waals surface area (Å²) in [6.07, 6.45) is 7.36. The fourth-order valence-electron chi connectivity index (χ4n) is 2.54. The molecule has 1 aromatic rings. The van der Waals surface area contributed by atoms with Gasteiger partial charge in [-0.15, -0.1) is 0 Å². The van der Waals surface area contributed by atoms with Gasteiger partial charge in [-0.3, -0.25) is 0 Å². The number of unbranched alkanes of at least 4 members (excludes halogenated alkanes) is 3. The standard InChI is InChI=1S/C18H30FN/c1-4-18(16-12-8-9-13-17(16)19)20-14-10-6-5-7-11-15(2)3/h8-9,12-13,15,18,20H,4-7,10-11,14H2,1-3H3. The summed E-state index contributed by atoms with van der Waals surface area (Å²) in [4.78, 5) is 0. The molecule has 1 nitrogen and oxygen atoms in total. The smallest absolute Gasteiger partial charge is 0.127 e. The molecule has 0 saturated heterocycles. The van der Waals surface area contributed by atoms with E-state index >= 15 is 0 Å². The summed E-state index contributed by atoms with van der Waals surface area (Å²) in [5.74, 6) is 0.724. The van der Waals surface area contributed by atoms with Crippen molar-refractivity contribution >= 4 is 0 Å². The van der Waals surface area contributed by atoms with Gasteiger partial charge in [0.25, 0.3) is 0 Å². The van der Waals surface area contributed by atoms with Crippen molar-refractivity contribution in [3.63, 3.8) is 0 Å². The number of rotatable bonds is 10. The second kappa shape index (κ2) is 9.93. The Morgan fingerprint density at radius 1 is 1.05 bits per heavy atom. The van der Waals surface area contributed by atoms with Crippen molar-refractivity contribution in [3.05, 3.63) is 35.6 Å². The summed E-state index contributed by atoms with van der Waals surface area (Å²) in [5, 5.41) is 3.49. The molecule has 0 spiro atoms. The van der Waals surface area contributed by atoms with Crippen LogP contribution in [-0.4, -0.2) is 6.54 Å². The van der Waals surface area contributed by atoms with Crippen LogP contribution in [0.5, 0.6) is 0 Å². The van der Waals surface area contributed by atoms with Gasteiger partial charge < -0.3 is 5.32 Å². The fraction of sp³-hybridized carbons (Fsp3) is 0.667. The molecule has 0 fully saturated rings. The summed E-state index contributed by atoms with van der Waals surface area (Å²) < 4.78 is 13.7. The fourth-order valence-corrected chi connectivity index (χ4v) is 2.54. The first-order chi connectivity index (χ1) is 9.65. The molecule has 1 N–H and O–H groups in total. The van der Waals surface area contributed by atoms with Crippen molar-refractivity contribution < 1.29 is 4.39 Å². The van der Waals surface area contributed by atoms with Crippen molar-refractivity contribution in [2.24, 2.45) is 5.92 Å². The number of nitrogens with one attached hydrogen (secondary N) is 1. The number of benzene rings is 1. The first kappa shape index (κ1) is 17.2. The number of halogens is 1. The lowest BCUT2D eigenvalue weighted by atomic mass is 10.0. The van der Waals surface area contributed by atoms with Gasteiger partial charge in [0, 0.05) is 11.6 Å². The third-order valence-electron chi connectivity index (χ3n) is 3.79. The zero-order chi connectivity index (χ0) is 14.8. The maximum absolute atomic E-state index is 13.7. The van der Waals surface area contributed by atoms with E-state index in [9.17, 15) is 4.39 Å². The molecule has 0 radical (unpaired) electrons. The molecule has 1 atom stereocenters. The van der Waals surface area contributed by atoms with E-state index in [2.05, 4.69) is 26.1 Å². The van der Waals surface area contributed by atoms with Gasteiger partial charge in [0.05, 0.1) is 0 Å². The molecule has 0 aliphatic carbocycles. The molecule has 0 aliphatic heterocycles. The summed E-state index contributed by atoms with van der Waals surface area (Å²) >= 11 is 0. The molecular weight excluding hydrogens is 249 g/mol. The van der Waals surface area contributed by atoms with Crippen LogP contribution in [0.2, 0.25) is 0 Å². The Kier molecular flexibility index (Phi) is 8.52. The molecule has 0 aromatic heterocycles. The zero-order valence-corrected chi connectivity index (χ0v) is 13.3. The molecule has 1 rings (SSSR count). The third kappa shape index (κ3) is 6.51. The predicted octanol–water partition coefficient (Wildman–Crippen LogP) is 5.47.